The topological polar surface area (TPSA) is 33.2 Å². The number of pyridine rings is 1. The van der Waals surface area contributed by atoms with Gasteiger partial charge in [0.25, 0.3) is 5.91 Å². The van der Waals surface area contributed by atoms with Gasteiger partial charge in [0.15, 0.2) is 0 Å². The summed E-state index contributed by atoms with van der Waals surface area (Å²) in [6, 6.07) is 9.94. The van der Waals surface area contributed by atoms with Gasteiger partial charge in [0.2, 0.25) is 0 Å². The Kier molecular flexibility index (Phi) is 3.74. The van der Waals surface area contributed by atoms with Crippen LogP contribution in [0.3, 0.4) is 0 Å². The van der Waals surface area contributed by atoms with Crippen molar-refractivity contribution in [1.82, 2.24) is 9.88 Å². The van der Waals surface area contributed by atoms with E-state index in [1.807, 2.05) is 35.2 Å². The van der Waals surface area contributed by atoms with Crippen LogP contribution in [-0.2, 0) is 0 Å². The molecule has 2 aromatic rings. The van der Waals surface area contributed by atoms with Gasteiger partial charge in [0.05, 0.1) is 11.1 Å². The van der Waals surface area contributed by atoms with Crippen LogP contribution in [-0.4, -0.2) is 33.7 Å². The molecule has 2 unspecified atom stereocenters. The van der Waals surface area contributed by atoms with Crippen LogP contribution >= 0.6 is 15.9 Å². The molecule has 3 rings (SSSR count). The van der Waals surface area contributed by atoms with Gasteiger partial charge in [-0.05, 0) is 24.5 Å². The fourth-order valence-electron chi connectivity index (χ4n) is 2.93. The number of benzene rings is 1. The number of aromatic nitrogens is 1. The monoisotopic (exact) mass is 332 g/mol. The molecule has 0 aliphatic carbocycles. The van der Waals surface area contributed by atoms with Crippen molar-refractivity contribution in [3.05, 3.63) is 42.1 Å². The van der Waals surface area contributed by atoms with Gasteiger partial charge >= 0.3 is 0 Å². The number of carbonyl (C=O) groups is 1. The van der Waals surface area contributed by atoms with Crippen molar-refractivity contribution in [2.75, 3.05) is 11.9 Å². The first-order valence-electron chi connectivity index (χ1n) is 6.93. The molecule has 2 atom stereocenters. The number of rotatable bonds is 2. The van der Waals surface area contributed by atoms with Crippen molar-refractivity contribution in [1.29, 1.82) is 0 Å². The molecule has 0 saturated carbocycles. The summed E-state index contributed by atoms with van der Waals surface area (Å²) in [6.45, 7) is 3.05. The molecule has 1 saturated heterocycles. The Bertz CT molecular complexity index is 638. The van der Waals surface area contributed by atoms with Crippen LogP contribution in [0, 0.1) is 5.92 Å². The second-order valence-electron chi connectivity index (χ2n) is 5.36. The summed E-state index contributed by atoms with van der Waals surface area (Å²) in [4.78, 5) is 19.2. The number of halogens is 1. The average molecular weight is 333 g/mol. The Morgan fingerprint density at radius 2 is 2.20 bits per heavy atom. The third-order valence-electron chi connectivity index (χ3n) is 4.18. The number of alkyl halides is 1. The Balaban J connectivity index is 2.01. The lowest BCUT2D eigenvalue weighted by atomic mass is 10.0. The van der Waals surface area contributed by atoms with Crippen LogP contribution in [0.4, 0.5) is 0 Å². The van der Waals surface area contributed by atoms with E-state index in [1.54, 1.807) is 6.20 Å². The van der Waals surface area contributed by atoms with Crippen LogP contribution < -0.4 is 0 Å². The molecule has 1 fully saturated rings. The molecule has 1 aliphatic rings. The van der Waals surface area contributed by atoms with E-state index in [2.05, 4.69) is 27.8 Å². The summed E-state index contributed by atoms with van der Waals surface area (Å²) < 4.78 is 0. The second kappa shape index (κ2) is 5.52. The fourth-order valence-corrected chi connectivity index (χ4v) is 3.92. The first kappa shape index (κ1) is 13.6. The van der Waals surface area contributed by atoms with E-state index in [0.717, 1.165) is 34.8 Å². The van der Waals surface area contributed by atoms with Gasteiger partial charge in [-0.25, -0.2) is 0 Å². The Labute approximate surface area is 127 Å². The van der Waals surface area contributed by atoms with Crippen molar-refractivity contribution in [2.45, 2.75) is 19.4 Å². The van der Waals surface area contributed by atoms with Crippen LogP contribution in [0.5, 0.6) is 0 Å². The van der Waals surface area contributed by atoms with Crippen LogP contribution in [0.2, 0.25) is 0 Å². The number of carbonyl (C=O) groups excluding carboxylic acids is 1. The van der Waals surface area contributed by atoms with Gasteiger partial charge in [-0.1, -0.05) is 41.1 Å². The highest BCUT2D eigenvalue weighted by Gasteiger charge is 2.34. The van der Waals surface area contributed by atoms with E-state index < -0.39 is 0 Å². The predicted molar refractivity (Wildman–Crippen MR) is 84.1 cm³/mol. The summed E-state index contributed by atoms with van der Waals surface area (Å²) >= 11 is 3.54. The van der Waals surface area contributed by atoms with Crippen molar-refractivity contribution in [2.24, 2.45) is 5.92 Å². The smallest absolute Gasteiger partial charge is 0.254 e. The highest BCUT2D eigenvalue weighted by Crippen LogP contribution is 2.28. The van der Waals surface area contributed by atoms with Crippen LogP contribution in [0.1, 0.15) is 23.7 Å². The molecular weight excluding hydrogens is 316 g/mol. The van der Waals surface area contributed by atoms with Gasteiger partial charge in [-0.3, -0.25) is 9.78 Å². The van der Waals surface area contributed by atoms with E-state index in [4.69, 9.17) is 0 Å². The number of hydrogen-bond acceptors (Lipinski definition) is 2. The molecule has 3 nitrogen and oxygen atoms in total. The van der Waals surface area contributed by atoms with Gasteiger partial charge < -0.3 is 4.90 Å². The zero-order valence-corrected chi connectivity index (χ0v) is 13.0. The lowest BCUT2D eigenvalue weighted by Crippen LogP contribution is -2.38. The first-order valence-corrected chi connectivity index (χ1v) is 8.05. The Morgan fingerprint density at radius 1 is 1.40 bits per heavy atom. The van der Waals surface area contributed by atoms with Crippen LogP contribution in [0.15, 0.2) is 36.5 Å². The van der Waals surface area contributed by atoms with E-state index in [0.29, 0.717) is 5.92 Å². The number of hydrogen-bond donors (Lipinski definition) is 0. The van der Waals surface area contributed by atoms with Gasteiger partial charge in [0, 0.05) is 29.5 Å². The predicted octanol–water partition coefficient (Wildman–Crippen LogP) is 3.48. The zero-order valence-electron chi connectivity index (χ0n) is 11.4. The van der Waals surface area contributed by atoms with Crippen molar-refractivity contribution < 1.29 is 4.79 Å². The van der Waals surface area contributed by atoms with E-state index >= 15 is 0 Å². The molecule has 1 amide bonds. The molecule has 1 aromatic heterocycles. The molecule has 0 radical (unpaired) electrons. The standard InChI is InChI=1S/C16H17BrN2O/c1-11-7-9-19(15(11)10-17)16(20)13-6-8-18-14-5-3-2-4-12(13)14/h2-6,8,11,15H,7,9-10H2,1H3. The zero-order chi connectivity index (χ0) is 14.1. The second-order valence-corrected chi connectivity index (χ2v) is 6.01. The maximum Gasteiger partial charge on any atom is 0.254 e. The fraction of sp³-hybridized carbons (Fsp3) is 0.375. The SMILES string of the molecule is CC1CCN(C(=O)c2ccnc3ccccc23)C1CBr. The van der Waals surface area contributed by atoms with Crippen LogP contribution in [0.25, 0.3) is 10.9 Å². The number of fused-ring (bicyclic) bond motifs is 1. The summed E-state index contributed by atoms with van der Waals surface area (Å²) in [6.07, 6.45) is 2.79. The van der Waals surface area contributed by atoms with Crippen molar-refractivity contribution >= 4 is 32.7 Å². The highest BCUT2D eigenvalue weighted by molar-refractivity contribution is 9.09. The molecule has 0 spiro atoms. The summed E-state index contributed by atoms with van der Waals surface area (Å²) in [5.41, 5.74) is 1.64. The lowest BCUT2D eigenvalue weighted by Gasteiger charge is -2.25. The quantitative estimate of drug-likeness (QED) is 0.789. The van der Waals surface area contributed by atoms with E-state index in [1.165, 1.54) is 0 Å². The Morgan fingerprint density at radius 3 is 3.00 bits per heavy atom. The minimum atomic E-state index is 0.123. The van der Waals surface area contributed by atoms with Crippen molar-refractivity contribution in [3.63, 3.8) is 0 Å². The first-order chi connectivity index (χ1) is 9.72. The third-order valence-corrected chi connectivity index (χ3v) is 4.84. The largest absolute Gasteiger partial charge is 0.335 e. The lowest BCUT2D eigenvalue weighted by molar-refractivity contribution is 0.0740. The summed E-state index contributed by atoms with van der Waals surface area (Å²) in [5.74, 6) is 0.670. The molecule has 2 heterocycles. The molecule has 1 aromatic carbocycles. The molecule has 4 heteroatoms. The number of para-hydroxylation sites is 1. The molecule has 0 N–H and O–H groups in total. The molecular formula is C16H17BrN2O. The maximum absolute atomic E-state index is 12.9. The summed E-state index contributed by atoms with van der Waals surface area (Å²) in [7, 11) is 0. The molecule has 104 valence electrons. The third kappa shape index (κ3) is 2.22. The van der Waals surface area contributed by atoms with Gasteiger partial charge in [0.1, 0.15) is 0 Å². The Hall–Kier alpha value is -1.42. The normalized spacial score (nSPS) is 22.4. The highest BCUT2D eigenvalue weighted by atomic mass is 79.9. The van der Waals surface area contributed by atoms with E-state index in [9.17, 15) is 4.79 Å². The minimum absolute atomic E-state index is 0.123. The minimum Gasteiger partial charge on any atom is -0.335 e. The number of amides is 1. The number of nitrogens with zero attached hydrogens (tertiary/aromatic N) is 2. The van der Waals surface area contributed by atoms with E-state index in [-0.39, 0.29) is 11.9 Å². The summed E-state index contributed by atoms with van der Waals surface area (Å²) in [5, 5.41) is 1.77. The van der Waals surface area contributed by atoms with Crippen molar-refractivity contribution in [3.8, 4) is 0 Å². The van der Waals surface area contributed by atoms with Gasteiger partial charge in [-0.15, -0.1) is 0 Å². The number of likely N-dealkylation sites (tertiary alicyclic amines) is 1. The molecule has 20 heavy (non-hydrogen) atoms. The average Bonchev–Trinajstić information content (AvgIpc) is 2.86. The van der Waals surface area contributed by atoms with Gasteiger partial charge in [-0.2, -0.15) is 0 Å². The molecule has 0 bridgehead atoms. The molecule has 1 aliphatic heterocycles. The maximum atomic E-state index is 12.9.